The van der Waals surface area contributed by atoms with Gasteiger partial charge in [-0.05, 0) is 19.2 Å². The maximum absolute atomic E-state index is 12.0. The maximum Gasteiger partial charge on any atom is 0.271 e. The summed E-state index contributed by atoms with van der Waals surface area (Å²) in [5, 5.41) is 3.28. The fourth-order valence-electron chi connectivity index (χ4n) is 1.86. The highest BCUT2D eigenvalue weighted by atomic mass is 35.5. The third-order valence-electron chi connectivity index (χ3n) is 2.86. The lowest BCUT2D eigenvalue weighted by Crippen LogP contribution is -2.46. The number of likely N-dealkylation sites (N-methyl/N-ethyl adjacent to an activating group) is 1. The summed E-state index contributed by atoms with van der Waals surface area (Å²) in [7, 11) is 2.02. The van der Waals surface area contributed by atoms with Crippen molar-refractivity contribution >= 4 is 29.1 Å². The van der Waals surface area contributed by atoms with Crippen LogP contribution in [-0.2, 0) is 4.74 Å². The number of carbonyl (C=O) groups excluding carboxylic acids is 1. The molecule has 2 rings (SSSR count). The van der Waals surface area contributed by atoms with Crippen LogP contribution < -0.4 is 5.32 Å². The van der Waals surface area contributed by atoms with Crippen molar-refractivity contribution < 1.29 is 9.53 Å². The average molecular weight is 304 g/mol. The van der Waals surface area contributed by atoms with E-state index in [1.807, 2.05) is 7.05 Å². The second-order valence-electron chi connectivity index (χ2n) is 4.43. The molecule has 1 aromatic rings. The third-order valence-corrected chi connectivity index (χ3v) is 3.37. The molecule has 0 saturated carbocycles. The Morgan fingerprint density at radius 3 is 3.11 bits per heavy atom. The van der Waals surface area contributed by atoms with Gasteiger partial charge in [0.1, 0.15) is 10.8 Å². The lowest BCUT2D eigenvalue weighted by molar-refractivity contribution is -0.0175. The van der Waals surface area contributed by atoms with Crippen molar-refractivity contribution in [1.82, 2.24) is 15.2 Å². The number of nitrogens with one attached hydrogen (secondary N) is 1. The molecular formula is C12H15Cl2N3O2. The predicted octanol–water partition coefficient (Wildman–Crippen LogP) is 1.45. The number of carbonyl (C=O) groups is 1. The molecule has 0 aromatic carbocycles. The van der Waals surface area contributed by atoms with Crippen LogP contribution in [0.5, 0.6) is 0 Å². The maximum atomic E-state index is 12.0. The van der Waals surface area contributed by atoms with Crippen LogP contribution in [-0.4, -0.2) is 55.2 Å². The van der Waals surface area contributed by atoms with Gasteiger partial charge >= 0.3 is 0 Å². The molecule has 0 aliphatic carbocycles. The standard InChI is InChI=1S/C12H15Cl2N3O2/c1-17-4-5-19-8(7-17)6-15-12(18)11-9(13)2-3-10(14)16-11/h2-3,8H,4-7H2,1H3,(H,15,18). The number of hydrogen-bond donors (Lipinski definition) is 1. The predicted molar refractivity (Wildman–Crippen MR) is 73.8 cm³/mol. The highest BCUT2D eigenvalue weighted by Gasteiger charge is 2.19. The van der Waals surface area contributed by atoms with Crippen molar-refractivity contribution in [2.75, 3.05) is 33.3 Å². The lowest BCUT2D eigenvalue weighted by atomic mass is 10.2. The molecule has 104 valence electrons. The van der Waals surface area contributed by atoms with Gasteiger partial charge in [-0.1, -0.05) is 23.2 Å². The summed E-state index contributed by atoms with van der Waals surface area (Å²) in [6.07, 6.45) is -0.0133. The number of nitrogens with zero attached hydrogens (tertiary/aromatic N) is 2. The molecule has 1 amide bonds. The van der Waals surface area contributed by atoms with E-state index in [0.29, 0.717) is 13.2 Å². The second-order valence-corrected chi connectivity index (χ2v) is 5.22. The first-order valence-electron chi connectivity index (χ1n) is 5.96. The van der Waals surface area contributed by atoms with E-state index < -0.39 is 0 Å². The number of aromatic nitrogens is 1. The fourth-order valence-corrected chi connectivity index (χ4v) is 2.20. The van der Waals surface area contributed by atoms with E-state index in [1.54, 1.807) is 12.1 Å². The van der Waals surface area contributed by atoms with Gasteiger partial charge in [-0.25, -0.2) is 4.98 Å². The molecule has 0 bridgehead atoms. The Kier molecular flexibility index (Phi) is 4.99. The van der Waals surface area contributed by atoms with Crippen molar-refractivity contribution in [3.63, 3.8) is 0 Å². The SMILES string of the molecule is CN1CCOC(CNC(=O)c2nc(Cl)ccc2Cl)C1. The summed E-state index contributed by atoms with van der Waals surface area (Å²) in [6.45, 7) is 2.80. The van der Waals surface area contributed by atoms with Gasteiger partial charge < -0.3 is 15.0 Å². The zero-order valence-corrected chi connectivity index (χ0v) is 12.0. The summed E-state index contributed by atoms with van der Waals surface area (Å²) < 4.78 is 5.55. The smallest absolute Gasteiger partial charge is 0.271 e. The Morgan fingerprint density at radius 2 is 2.37 bits per heavy atom. The van der Waals surface area contributed by atoms with E-state index >= 15 is 0 Å². The molecular weight excluding hydrogens is 289 g/mol. The second kappa shape index (κ2) is 6.52. The van der Waals surface area contributed by atoms with Gasteiger partial charge in [0.2, 0.25) is 0 Å². The first-order valence-corrected chi connectivity index (χ1v) is 6.72. The topological polar surface area (TPSA) is 54.5 Å². The van der Waals surface area contributed by atoms with Crippen LogP contribution in [0.25, 0.3) is 0 Å². The molecule has 1 unspecified atom stereocenters. The normalized spacial score (nSPS) is 20.3. The largest absolute Gasteiger partial charge is 0.374 e. The minimum atomic E-state index is -0.343. The van der Waals surface area contributed by atoms with Crippen molar-refractivity contribution in [3.05, 3.63) is 28.0 Å². The van der Waals surface area contributed by atoms with Crippen LogP contribution in [0.15, 0.2) is 12.1 Å². The number of amides is 1. The summed E-state index contributed by atoms with van der Waals surface area (Å²) in [5.74, 6) is -0.343. The molecule has 2 heterocycles. The van der Waals surface area contributed by atoms with Gasteiger partial charge in [0.15, 0.2) is 0 Å². The molecule has 1 aliphatic heterocycles. The number of hydrogen-bond acceptors (Lipinski definition) is 4. The Hall–Kier alpha value is -0.880. The van der Waals surface area contributed by atoms with Crippen LogP contribution in [0.1, 0.15) is 10.5 Å². The summed E-state index contributed by atoms with van der Waals surface area (Å²) in [6, 6.07) is 3.09. The van der Waals surface area contributed by atoms with Crippen LogP contribution >= 0.6 is 23.2 Å². The quantitative estimate of drug-likeness (QED) is 0.859. The minimum absolute atomic E-state index is 0.0133. The molecule has 19 heavy (non-hydrogen) atoms. The first-order chi connectivity index (χ1) is 9.06. The van der Waals surface area contributed by atoms with E-state index in [1.165, 1.54) is 0 Å². The number of morpholine rings is 1. The molecule has 1 aromatic heterocycles. The number of halogens is 2. The van der Waals surface area contributed by atoms with E-state index in [4.69, 9.17) is 27.9 Å². The molecule has 7 heteroatoms. The van der Waals surface area contributed by atoms with E-state index in [2.05, 4.69) is 15.2 Å². The highest BCUT2D eigenvalue weighted by molar-refractivity contribution is 6.34. The van der Waals surface area contributed by atoms with Crippen molar-refractivity contribution in [2.45, 2.75) is 6.10 Å². The minimum Gasteiger partial charge on any atom is -0.374 e. The van der Waals surface area contributed by atoms with Gasteiger partial charge in [-0.3, -0.25) is 4.79 Å². The van der Waals surface area contributed by atoms with Crippen LogP contribution in [0.2, 0.25) is 10.2 Å². The third kappa shape index (κ3) is 4.04. The van der Waals surface area contributed by atoms with E-state index in [9.17, 15) is 4.79 Å². The summed E-state index contributed by atoms with van der Waals surface area (Å²) in [4.78, 5) is 18.0. The van der Waals surface area contributed by atoms with E-state index in [0.717, 1.165) is 13.1 Å². The van der Waals surface area contributed by atoms with Gasteiger partial charge in [-0.2, -0.15) is 0 Å². The average Bonchev–Trinajstić information content (AvgIpc) is 2.39. The van der Waals surface area contributed by atoms with Crippen molar-refractivity contribution in [3.8, 4) is 0 Å². The molecule has 1 atom stereocenters. The Labute approximate surface area is 121 Å². The molecule has 1 fully saturated rings. The summed E-state index contributed by atoms with van der Waals surface area (Å²) >= 11 is 11.7. The number of rotatable bonds is 3. The molecule has 5 nitrogen and oxygen atoms in total. The fraction of sp³-hybridized carbons (Fsp3) is 0.500. The zero-order valence-electron chi connectivity index (χ0n) is 10.5. The summed E-state index contributed by atoms with van der Waals surface area (Å²) in [5.41, 5.74) is 0.137. The van der Waals surface area contributed by atoms with Crippen molar-refractivity contribution in [2.24, 2.45) is 0 Å². The van der Waals surface area contributed by atoms with Crippen LogP contribution in [0, 0.1) is 0 Å². The molecule has 1 saturated heterocycles. The molecule has 0 radical (unpaired) electrons. The molecule has 0 spiro atoms. The number of pyridine rings is 1. The zero-order chi connectivity index (χ0) is 13.8. The first kappa shape index (κ1) is 14.5. The van der Waals surface area contributed by atoms with Crippen LogP contribution in [0.4, 0.5) is 0 Å². The molecule has 1 N–H and O–H groups in total. The van der Waals surface area contributed by atoms with Crippen LogP contribution in [0.3, 0.4) is 0 Å². The highest BCUT2D eigenvalue weighted by Crippen LogP contribution is 2.16. The van der Waals surface area contributed by atoms with Gasteiger partial charge in [0.25, 0.3) is 5.91 Å². The van der Waals surface area contributed by atoms with Gasteiger partial charge in [0, 0.05) is 19.6 Å². The van der Waals surface area contributed by atoms with E-state index in [-0.39, 0.29) is 27.9 Å². The Bertz CT molecular complexity index is 470. The Balaban J connectivity index is 1.92. The Morgan fingerprint density at radius 1 is 1.58 bits per heavy atom. The lowest BCUT2D eigenvalue weighted by Gasteiger charge is -2.30. The van der Waals surface area contributed by atoms with Crippen molar-refractivity contribution in [1.29, 1.82) is 0 Å². The molecule has 1 aliphatic rings. The van der Waals surface area contributed by atoms with Gasteiger partial charge in [0.05, 0.1) is 17.7 Å². The number of ether oxygens (including phenoxy) is 1. The monoisotopic (exact) mass is 303 g/mol. The van der Waals surface area contributed by atoms with Gasteiger partial charge in [-0.15, -0.1) is 0 Å².